The zero-order chi connectivity index (χ0) is 11.1. The maximum absolute atomic E-state index is 3.82. The van der Waals surface area contributed by atoms with Crippen molar-refractivity contribution in [2.75, 3.05) is 0 Å². The van der Waals surface area contributed by atoms with Crippen molar-refractivity contribution in [1.82, 2.24) is 5.32 Å². The van der Waals surface area contributed by atoms with E-state index in [9.17, 15) is 0 Å². The summed E-state index contributed by atoms with van der Waals surface area (Å²) in [5.74, 6) is 0.743. The van der Waals surface area contributed by atoms with E-state index in [-0.39, 0.29) is 0 Å². The molecular formula is C13H27N. The van der Waals surface area contributed by atoms with Crippen LogP contribution in [-0.4, -0.2) is 12.1 Å². The van der Waals surface area contributed by atoms with Crippen LogP contribution in [0, 0.1) is 16.7 Å². The van der Waals surface area contributed by atoms with Gasteiger partial charge in [-0.25, -0.2) is 0 Å². The Hall–Kier alpha value is -0.0400. The largest absolute Gasteiger partial charge is 0.310 e. The Morgan fingerprint density at radius 1 is 1.07 bits per heavy atom. The van der Waals surface area contributed by atoms with Gasteiger partial charge in [0.2, 0.25) is 0 Å². The predicted octanol–water partition coefficient (Wildman–Crippen LogP) is 3.45. The van der Waals surface area contributed by atoms with Crippen LogP contribution in [0.1, 0.15) is 54.9 Å². The maximum atomic E-state index is 3.82. The summed E-state index contributed by atoms with van der Waals surface area (Å²) in [7, 11) is 0. The highest BCUT2D eigenvalue weighted by Gasteiger charge is 2.64. The molecule has 1 saturated carbocycles. The van der Waals surface area contributed by atoms with Crippen LogP contribution in [-0.2, 0) is 0 Å². The Morgan fingerprint density at radius 2 is 1.50 bits per heavy atom. The van der Waals surface area contributed by atoms with Gasteiger partial charge in [0.1, 0.15) is 0 Å². The fourth-order valence-electron chi connectivity index (χ4n) is 2.61. The molecule has 1 fully saturated rings. The van der Waals surface area contributed by atoms with Crippen LogP contribution in [0.4, 0.5) is 0 Å². The number of hydrogen-bond donors (Lipinski definition) is 1. The lowest BCUT2D eigenvalue weighted by molar-refractivity contribution is 0.362. The standard InChI is InChI=1S/C13H27N/c1-8-10(9(2)3)14-11-12(4,5)13(11,6)7/h9-11,14H,8H2,1-7H3. The smallest absolute Gasteiger partial charge is 0.0183 e. The predicted molar refractivity (Wildman–Crippen MR) is 63.4 cm³/mol. The number of nitrogens with one attached hydrogen (secondary N) is 1. The van der Waals surface area contributed by atoms with Gasteiger partial charge in [0, 0.05) is 12.1 Å². The number of rotatable bonds is 4. The van der Waals surface area contributed by atoms with E-state index < -0.39 is 0 Å². The first-order valence-corrected chi connectivity index (χ1v) is 6.01. The summed E-state index contributed by atoms with van der Waals surface area (Å²) in [5.41, 5.74) is 0.935. The second kappa shape index (κ2) is 3.52. The Kier molecular flexibility index (Phi) is 3.02. The molecular weight excluding hydrogens is 170 g/mol. The first-order valence-electron chi connectivity index (χ1n) is 6.01. The van der Waals surface area contributed by atoms with Gasteiger partial charge in [-0.3, -0.25) is 0 Å². The quantitative estimate of drug-likeness (QED) is 0.728. The van der Waals surface area contributed by atoms with Crippen LogP contribution in [0.3, 0.4) is 0 Å². The molecule has 0 bridgehead atoms. The minimum Gasteiger partial charge on any atom is -0.310 e. The highest BCUT2D eigenvalue weighted by atomic mass is 15.1. The molecule has 0 aromatic carbocycles. The van der Waals surface area contributed by atoms with Crippen molar-refractivity contribution in [3.05, 3.63) is 0 Å². The van der Waals surface area contributed by atoms with E-state index in [2.05, 4.69) is 53.8 Å². The average molecular weight is 197 g/mol. The van der Waals surface area contributed by atoms with E-state index in [1.54, 1.807) is 0 Å². The fourth-order valence-corrected chi connectivity index (χ4v) is 2.61. The van der Waals surface area contributed by atoms with E-state index in [1.807, 2.05) is 0 Å². The molecule has 0 aromatic heterocycles. The molecule has 0 aliphatic heterocycles. The molecule has 1 N–H and O–H groups in total. The van der Waals surface area contributed by atoms with Gasteiger partial charge in [-0.2, -0.15) is 0 Å². The summed E-state index contributed by atoms with van der Waals surface area (Å²) in [6.45, 7) is 16.4. The zero-order valence-electron chi connectivity index (χ0n) is 10.9. The van der Waals surface area contributed by atoms with Crippen molar-refractivity contribution in [1.29, 1.82) is 0 Å². The monoisotopic (exact) mass is 197 g/mol. The van der Waals surface area contributed by atoms with Gasteiger partial charge in [0.05, 0.1) is 0 Å². The lowest BCUT2D eigenvalue weighted by Crippen LogP contribution is -2.37. The highest BCUT2D eigenvalue weighted by molar-refractivity contribution is 5.18. The van der Waals surface area contributed by atoms with Gasteiger partial charge in [0.15, 0.2) is 0 Å². The molecule has 0 spiro atoms. The molecule has 1 rings (SSSR count). The first kappa shape index (κ1) is 12.0. The molecule has 0 saturated heterocycles. The van der Waals surface area contributed by atoms with E-state index in [0.29, 0.717) is 22.9 Å². The molecule has 1 aliphatic carbocycles. The van der Waals surface area contributed by atoms with Crippen molar-refractivity contribution < 1.29 is 0 Å². The molecule has 14 heavy (non-hydrogen) atoms. The summed E-state index contributed by atoms with van der Waals surface area (Å²) in [6, 6.07) is 1.38. The summed E-state index contributed by atoms with van der Waals surface area (Å²) in [6.07, 6.45) is 1.24. The second-order valence-electron chi connectivity index (χ2n) is 6.30. The fraction of sp³-hybridized carbons (Fsp3) is 1.00. The molecule has 0 aromatic rings. The summed E-state index contributed by atoms with van der Waals surface area (Å²) in [5, 5.41) is 3.82. The molecule has 1 unspecified atom stereocenters. The third-order valence-electron chi connectivity index (χ3n) is 4.65. The van der Waals surface area contributed by atoms with E-state index in [1.165, 1.54) is 6.42 Å². The van der Waals surface area contributed by atoms with E-state index in [0.717, 1.165) is 5.92 Å². The van der Waals surface area contributed by atoms with Crippen molar-refractivity contribution in [3.63, 3.8) is 0 Å². The Morgan fingerprint density at radius 3 is 1.71 bits per heavy atom. The lowest BCUT2D eigenvalue weighted by Gasteiger charge is -2.22. The van der Waals surface area contributed by atoms with Gasteiger partial charge in [-0.1, -0.05) is 48.5 Å². The first-order chi connectivity index (χ1) is 6.25. The maximum Gasteiger partial charge on any atom is 0.0183 e. The lowest BCUT2D eigenvalue weighted by atomic mass is 10.0. The molecule has 0 heterocycles. The van der Waals surface area contributed by atoms with Gasteiger partial charge >= 0.3 is 0 Å². The van der Waals surface area contributed by atoms with Crippen LogP contribution >= 0.6 is 0 Å². The second-order valence-corrected chi connectivity index (χ2v) is 6.30. The average Bonchev–Trinajstić information content (AvgIpc) is 2.40. The molecule has 1 atom stereocenters. The van der Waals surface area contributed by atoms with Crippen molar-refractivity contribution in [3.8, 4) is 0 Å². The molecule has 0 radical (unpaired) electrons. The molecule has 1 heteroatoms. The van der Waals surface area contributed by atoms with Crippen molar-refractivity contribution in [2.24, 2.45) is 16.7 Å². The molecule has 0 amide bonds. The number of hydrogen-bond acceptors (Lipinski definition) is 1. The van der Waals surface area contributed by atoms with Crippen LogP contribution in [0.15, 0.2) is 0 Å². The third-order valence-corrected chi connectivity index (χ3v) is 4.65. The molecule has 1 aliphatic rings. The van der Waals surface area contributed by atoms with E-state index >= 15 is 0 Å². The summed E-state index contributed by atoms with van der Waals surface area (Å²) < 4.78 is 0. The van der Waals surface area contributed by atoms with Crippen LogP contribution < -0.4 is 5.32 Å². The Bertz CT molecular complexity index is 189. The SMILES string of the molecule is CCC(NC1C(C)(C)C1(C)C)C(C)C. The van der Waals surface area contributed by atoms with Crippen LogP contribution in [0.2, 0.25) is 0 Å². The van der Waals surface area contributed by atoms with Gasteiger partial charge in [-0.15, -0.1) is 0 Å². The Balaban J connectivity index is 2.55. The zero-order valence-corrected chi connectivity index (χ0v) is 10.9. The van der Waals surface area contributed by atoms with Gasteiger partial charge < -0.3 is 5.32 Å². The minimum absolute atomic E-state index is 0.468. The minimum atomic E-state index is 0.468. The third kappa shape index (κ3) is 1.71. The van der Waals surface area contributed by atoms with Crippen molar-refractivity contribution >= 4 is 0 Å². The summed E-state index contributed by atoms with van der Waals surface area (Å²) >= 11 is 0. The van der Waals surface area contributed by atoms with Crippen molar-refractivity contribution in [2.45, 2.75) is 67.0 Å². The topological polar surface area (TPSA) is 12.0 Å². The van der Waals surface area contributed by atoms with Gasteiger partial charge in [-0.05, 0) is 23.2 Å². The van der Waals surface area contributed by atoms with Crippen LogP contribution in [0.25, 0.3) is 0 Å². The highest BCUT2D eigenvalue weighted by Crippen LogP contribution is 2.62. The Labute approximate surface area is 89.7 Å². The normalized spacial score (nSPS) is 26.6. The molecule has 1 nitrogen and oxygen atoms in total. The van der Waals surface area contributed by atoms with Gasteiger partial charge in [0.25, 0.3) is 0 Å². The van der Waals surface area contributed by atoms with E-state index in [4.69, 9.17) is 0 Å². The summed E-state index contributed by atoms with van der Waals surface area (Å²) in [4.78, 5) is 0. The van der Waals surface area contributed by atoms with Crippen LogP contribution in [0.5, 0.6) is 0 Å². The molecule has 84 valence electrons.